The maximum absolute atomic E-state index is 11.8. The lowest BCUT2D eigenvalue weighted by Crippen LogP contribution is -2.30. The van der Waals surface area contributed by atoms with Crippen LogP contribution in [0.4, 0.5) is 0 Å². The first-order valence-corrected chi connectivity index (χ1v) is 8.21. The van der Waals surface area contributed by atoms with Gasteiger partial charge < -0.3 is 15.4 Å². The molecule has 0 aromatic heterocycles. The van der Waals surface area contributed by atoms with Crippen molar-refractivity contribution in [3.05, 3.63) is 28.2 Å². The Bertz CT molecular complexity index is 450. The second kappa shape index (κ2) is 9.79. The van der Waals surface area contributed by atoms with E-state index in [-0.39, 0.29) is 12.5 Å². The lowest BCUT2D eigenvalue weighted by Gasteiger charge is -2.14. The van der Waals surface area contributed by atoms with E-state index in [1.807, 2.05) is 18.2 Å². The Labute approximate surface area is 135 Å². The van der Waals surface area contributed by atoms with Gasteiger partial charge in [0.25, 0.3) is 5.91 Å². The first-order chi connectivity index (χ1) is 10.0. The molecule has 21 heavy (non-hydrogen) atoms. The van der Waals surface area contributed by atoms with Crippen LogP contribution in [0.2, 0.25) is 0 Å². The van der Waals surface area contributed by atoms with Gasteiger partial charge in [-0.15, -0.1) is 0 Å². The Hall–Kier alpha value is -1.07. The predicted molar refractivity (Wildman–Crippen MR) is 89.5 cm³/mol. The fourth-order valence-electron chi connectivity index (χ4n) is 1.80. The molecule has 0 fully saturated rings. The Morgan fingerprint density at radius 2 is 2.14 bits per heavy atom. The fraction of sp³-hybridized carbons (Fsp3) is 0.562. The topological polar surface area (TPSA) is 50.4 Å². The van der Waals surface area contributed by atoms with E-state index in [2.05, 4.69) is 47.3 Å². The third kappa shape index (κ3) is 6.96. The standard InChI is InChI=1S/C16H25BrN2O2/c1-4-18-10-13-6-5-7-14(17)16(13)21-11-15(20)19-9-8-12(2)3/h5-7,12,18H,4,8-11H2,1-3H3,(H,19,20). The minimum Gasteiger partial charge on any atom is -0.482 e. The zero-order valence-electron chi connectivity index (χ0n) is 13.0. The number of hydrogen-bond donors (Lipinski definition) is 2. The SMILES string of the molecule is CCNCc1cccc(Br)c1OCC(=O)NCCC(C)C. The lowest BCUT2D eigenvalue weighted by atomic mass is 10.1. The molecule has 5 heteroatoms. The van der Waals surface area contributed by atoms with Crippen molar-refractivity contribution < 1.29 is 9.53 Å². The van der Waals surface area contributed by atoms with E-state index in [1.54, 1.807) is 0 Å². The average Bonchev–Trinajstić information content (AvgIpc) is 2.43. The molecule has 0 unspecified atom stereocenters. The summed E-state index contributed by atoms with van der Waals surface area (Å²) in [6, 6.07) is 5.88. The van der Waals surface area contributed by atoms with Crippen LogP contribution in [0.25, 0.3) is 0 Å². The number of hydrogen-bond acceptors (Lipinski definition) is 3. The van der Waals surface area contributed by atoms with Crippen LogP contribution < -0.4 is 15.4 Å². The molecule has 2 N–H and O–H groups in total. The molecule has 4 nitrogen and oxygen atoms in total. The molecule has 0 aliphatic rings. The van der Waals surface area contributed by atoms with Crippen molar-refractivity contribution in [2.45, 2.75) is 33.7 Å². The summed E-state index contributed by atoms with van der Waals surface area (Å²) in [6.07, 6.45) is 0.979. The van der Waals surface area contributed by atoms with E-state index in [4.69, 9.17) is 4.74 Å². The molecule has 0 heterocycles. The van der Waals surface area contributed by atoms with Crippen molar-refractivity contribution in [2.75, 3.05) is 19.7 Å². The van der Waals surface area contributed by atoms with Crippen LogP contribution in [0.15, 0.2) is 22.7 Å². The maximum atomic E-state index is 11.8. The number of carbonyl (C=O) groups excluding carboxylic acids is 1. The average molecular weight is 357 g/mol. The summed E-state index contributed by atoms with van der Waals surface area (Å²) in [5.41, 5.74) is 1.04. The Balaban J connectivity index is 2.51. The van der Waals surface area contributed by atoms with Crippen molar-refractivity contribution in [1.82, 2.24) is 10.6 Å². The molecule has 1 aromatic rings. The molecular formula is C16H25BrN2O2. The highest BCUT2D eigenvalue weighted by Crippen LogP contribution is 2.29. The van der Waals surface area contributed by atoms with Gasteiger partial charge in [0, 0.05) is 18.7 Å². The molecule has 0 radical (unpaired) electrons. The van der Waals surface area contributed by atoms with Crippen LogP contribution in [0.3, 0.4) is 0 Å². The van der Waals surface area contributed by atoms with Crippen molar-refractivity contribution in [1.29, 1.82) is 0 Å². The third-order valence-corrected chi connectivity index (χ3v) is 3.63. The van der Waals surface area contributed by atoms with E-state index in [0.717, 1.165) is 35.3 Å². The van der Waals surface area contributed by atoms with Gasteiger partial charge in [0.15, 0.2) is 6.61 Å². The number of carbonyl (C=O) groups is 1. The molecule has 0 aliphatic carbocycles. The Morgan fingerprint density at radius 1 is 1.38 bits per heavy atom. The second-order valence-electron chi connectivity index (χ2n) is 5.33. The molecular weight excluding hydrogens is 332 g/mol. The van der Waals surface area contributed by atoms with Gasteiger partial charge in [-0.25, -0.2) is 0 Å². The van der Waals surface area contributed by atoms with Crippen LogP contribution in [0, 0.1) is 5.92 Å². The molecule has 1 rings (SSSR count). The molecule has 0 spiro atoms. The van der Waals surface area contributed by atoms with E-state index in [1.165, 1.54) is 0 Å². The van der Waals surface area contributed by atoms with Crippen LogP contribution in [-0.4, -0.2) is 25.6 Å². The number of nitrogens with one attached hydrogen (secondary N) is 2. The van der Waals surface area contributed by atoms with Gasteiger partial charge in [-0.3, -0.25) is 4.79 Å². The van der Waals surface area contributed by atoms with Gasteiger partial charge in [-0.05, 0) is 40.9 Å². The van der Waals surface area contributed by atoms with E-state index in [0.29, 0.717) is 12.5 Å². The van der Waals surface area contributed by atoms with Gasteiger partial charge in [-0.2, -0.15) is 0 Å². The molecule has 0 bridgehead atoms. The third-order valence-electron chi connectivity index (χ3n) is 3.01. The fourth-order valence-corrected chi connectivity index (χ4v) is 2.32. The summed E-state index contributed by atoms with van der Waals surface area (Å²) in [6.45, 7) is 8.68. The number of rotatable bonds is 9. The summed E-state index contributed by atoms with van der Waals surface area (Å²) in [4.78, 5) is 11.8. The van der Waals surface area contributed by atoms with Crippen LogP contribution in [0.1, 0.15) is 32.8 Å². The molecule has 118 valence electrons. The normalized spacial score (nSPS) is 10.7. The Morgan fingerprint density at radius 3 is 2.81 bits per heavy atom. The number of ether oxygens (including phenoxy) is 1. The Kier molecular flexibility index (Phi) is 8.38. The number of benzene rings is 1. The number of halogens is 1. The highest BCUT2D eigenvalue weighted by atomic mass is 79.9. The monoisotopic (exact) mass is 356 g/mol. The summed E-state index contributed by atoms with van der Waals surface area (Å²) in [7, 11) is 0. The van der Waals surface area contributed by atoms with Gasteiger partial charge in [0.2, 0.25) is 0 Å². The molecule has 1 amide bonds. The number of amides is 1. The molecule has 0 saturated heterocycles. The predicted octanol–water partition coefficient (Wildman–Crippen LogP) is 3.10. The molecule has 0 saturated carbocycles. The largest absolute Gasteiger partial charge is 0.482 e. The summed E-state index contributed by atoms with van der Waals surface area (Å²) < 4.78 is 6.55. The quantitative estimate of drug-likeness (QED) is 0.714. The molecule has 1 aromatic carbocycles. The van der Waals surface area contributed by atoms with Crippen LogP contribution >= 0.6 is 15.9 Å². The van der Waals surface area contributed by atoms with Gasteiger partial charge >= 0.3 is 0 Å². The zero-order chi connectivity index (χ0) is 15.7. The highest BCUT2D eigenvalue weighted by Gasteiger charge is 2.10. The zero-order valence-corrected chi connectivity index (χ0v) is 14.6. The first kappa shape index (κ1) is 18.0. The van der Waals surface area contributed by atoms with Crippen LogP contribution in [-0.2, 0) is 11.3 Å². The second-order valence-corrected chi connectivity index (χ2v) is 6.18. The summed E-state index contributed by atoms with van der Waals surface area (Å²) in [5, 5.41) is 6.14. The minimum atomic E-state index is -0.0826. The van der Waals surface area contributed by atoms with Crippen LogP contribution in [0.5, 0.6) is 5.75 Å². The van der Waals surface area contributed by atoms with Crippen molar-refractivity contribution in [3.8, 4) is 5.75 Å². The smallest absolute Gasteiger partial charge is 0.257 e. The maximum Gasteiger partial charge on any atom is 0.257 e. The summed E-state index contributed by atoms with van der Waals surface area (Å²) >= 11 is 3.48. The van der Waals surface area contributed by atoms with Gasteiger partial charge in [0.05, 0.1) is 4.47 Å². The molecule has 0 atom stereocenters. The minimum absolute atomic E-state index is 0.0415. The van der Waals surface area contributed by atoms with Crippen molar-refractivity contribution in [2.24, 2.45) is 5.92 Å². The first-order valence-electron chi connectivity index (χ1n) is 7.42. The van der Waals surface area contributed by atoms with Gasteiger partial charge in [-0.1, -0.05) is 32.9 Å². The van der Waals surface area contributed by atoms with E-state index in [9.17, 15) is 4.79 Å². The lowest BCUT2D eigenvalue weighted by molar-refractivity contribution is -0.123. The van der Waals surface area contributed by atoms with Crippen molar-refractivity contribution >= 4 is 21.8 Å². The van der Waals surface area contributed by atoms with Gasteiger partial charge in [0.1, 0.15) is 5.75 Å². The van der Waals surface area contributed by atoms with Crippen molar-refractivity contribution in [3.63, 3.8) is 0 Å². The van der Waals surface area contributed by atoms with E-state index >= 15 is 0 Å². The molecule has 0 aliphatic heterocycles. The number of para-hydroxylation sites is 1. The summed E-state index contributed by atoms with van der Waals surface area (Å²) in [5.74, 6) is 1.24. The van der Waals surface area contributed by atoms with E-state index < -0.39 is 0 Å². The highest BCUT2D eigenvalue weighted by molar-refractivity contribution is 9.10.